The first kappa shape index (κ1) is 9.77. The second-order valence-electron chi connectivity index (χ2n) is 3.70. The standard InChI is InChI=1S/C12H14N2O.H2/c1-8-6-9-4-5-10(12(15)13-2)7-11(9)14(8)3;/h4-7H,1-3H3,(H,13,15);1H. The minimum atomic E-state index is -0.0456. The largest absolute Gasteiger partial charge is 0.355 e. The number of hydrogen-bond donors (Lipinski definition) is 1. The summed E-state index contributed by atoms with van der Waals surface area (Å²) in [6.45, 7) is 2.06. The van der Waals surface area contributed by atoms with E-state index in [2.05, 4.69) is 22.9 Å². The van der Waals surface area contributed by atoms with Crippen LogP contribution in [0.2, 0.25) is 0 Å². The summed E-state index contributed by atoms with van der Waals surface area (Å²) in [5.74, 6) is -0.0456. The Morgan fingerprint density at radius 2 is 2.13 bits per heavy atom. The molecule has 80 valence electrons. The molecule has 0 saturated carbocycles. The smallest absolute Gasteiger partial charge is 0.251 e. The van der Waals surface area contributed by atoms with Crippen molar-refractivity contribution in [3.63, 3.8) is 0 Å². The molecule has 15 heavy (non-hydrogen) atoms. The van der Waals surface area contributed by atoms with E-state index >= 15 is 0 Å². The third-order valence-electron chi connectivity index (χ3n) is 2.77. The van der Waals surface area contributed by atoms with Crippen molar-refractivity contribution in [1.82, 2.24) is 9.88 Å². The van der Waals surface area contributed by atoms with Gasteiger partial charge in [-0.05, 0) is 30.5 Å². The third kappa shape index (κ3) is 1.50. The molecule has 0 saturated heterocycles. The van der Waals surface area contributed by atoms with Gasteiger partial charge in [0.2, 0.25) is 0 Å². The molecule has 1 aromatic heterocycles. The summed E-state index contributed by atoms with van der Waals surface area (Å²) in [4.78, 5) is 11.5. The van der Waals surface area contributed by atoms with Crippen LogP contribution < -0.4 is 5.32 Å². The van der Waals surface area contributed by atoms with E-state index < -0.39 is 0 Å². The van der Waals surface area contributed by atoms with Crippen molar-refractivity contribution in [1.29, 1.82) is 0 Å². The quantitative estimate of drug-likeness (QED) is 0.758. The molecule has 3 heteroatoms. The highest BCUT2D eigenvalue weighted by atomic mass is 16.1. The molecule has 0 aliphatic carbocycles. The van der Waals surface area contributed by atoms with Crippen LogP contribution in [0.15, 0.2) is 24.3 Å². The average Bonchev–Trinajstić information content (AvgIpc) is 2.54. The molecular formula is C12H16N2O. The first-order valence-corrected chi connectivity index (χ1v) is 4.91. The summed E-state index contributed by atoms with van der Waals surface area (Å²) in [6.07, 6.45) is 0. The van der Waals surface area contributed by atoms with Gasteiger partial charge in [0, 0.05) is 32.3 Å². The number of carbonyl (C=O) groups excluding carboxylic acids is 1. The van der Waals surface area contributed by atoms with Gasteiger partial charge in [0.25, 0.3) is 5.91 Å². The van der Waals surface area contributed by atoms with Gasteiger partial charge >= 0.3 is 0 Å². The summed E-state index contributed by atoms with van der Waals surface area (Å²) in [7, 11) is 3.65. The molecule has 1 N–H and O–H groups in total. The Bertz CT molecular complexity index is 531. The van der Waals surface area contributed by atoms with E-state index in [0.29, 0.717) is 5.56 Å². The first-order valence-electron chi connectivity index (χ1n) is 4.91. The van der Waals surface area contributed by atoms with Gasteiger partial charge < -0.3 is 9.88 Å². The van der Waals surface area contributed by atoms with Crippen molar-refractivity contribution < 1.29 is 6.22 Å². The van der Waals surface area contributed by atoms with E-state index in [-0.39, 0.29) is 7.33 Å². The number of benzene rings is 1. The predicted molar refractivity (Wildman–Crippen MR) is 63.2 cm³/mol. The lowest BCUT2D eigenvalue weighted by Crippen LogP contribution is -2.17. The number of carbonyl (C=O) groups is 1. The molecule has 0 fully saturated rings. The van der Waals surface area contributed by atoms with E-state index in [1.165, 1.54) is 11.1 Å². The zero-order valence-corrected chi connectivity index (χ0v) is 9.16. The Morgan fingerprint density at radius 3 is 2.80 bits per heavy atom. The number of hydrogen-bond acceptors (Lipinski definition) is 1. The Hall–Kier alpha value is -1.77. The van der Waals surface area contributed by atoms with Gasteiger partial charge in [-0.1, -0.05) is 6.07 Å². The van der Waals surface area contributed by atoms with Crippen molar-refractivity contribution in [3.05, 3.63) is 35.5 Å². The average molecular weight is 204 g/mol. The van der Waals surface area contributed by atoms with Crippen molar-refractivity contribution in [2.24, 2.45) is 7.05 Å². The topological polar surface area (TPSA) is 34.0 Å². The van der Waals surface area contributed by atoms with E-state index in [1.54, 1.807) is 7.05 Å². The zero-order valence-electron chi connectivity index (χ0n) is 9.16. The third-order valence-corrected chi connectivity index (χ3v) is 2.77. The van der Waals surface area contributed by atoms with Crippen LogP contribution in [-0.4, -0.2) is 17.5 Å². The van der Waals surface area contributed by atoms with Crippen LogP contribution in [0, 0.1) is 6.92 Å². The maximum Gasteiger partial charge on any atom is 0.251 e. The fraction of sp³-hybridized carbons (Fsp3) is 0.250. The highest BCUT2D eigenvalue weighted by Crippen LogP contribution is 2.19. The fourth-order valence-electron chi connectivity index (χ4n) is 1.75. The van der Waals surface area contributed by atoms with Gasteiger partial charge in [-0.2, -0.15) is 0 Å². The van der Waals surface area contributed by atoms with Crippen molar-refractivity contribution >= 4 is 16.8 Å². The Labute approximate surface area is 90.2 Å². The predicted octanol–water partition coefficient (Wildman–Crippen LogP) is 2.09. The molecule has 1 amide bonds. The molecule has 0 aliphatic heterocycles. The normalized spacial score (nSPS) is 10.6. The maximum atomic E-state index is 11.5. The molecule has 0 radical (unpaired) electrons. The number of nitrogens with zero attached hydrogens (tertiary/aromatic N) is 1. The molecule has 0 unspecified atom stereocenters. The van der Waals surface area contributed by atoms with Gasteiger partial charge in [-0.3, -0.25) is 4.79 Å². The van der Waals surface area contributed by atoms with Crippen LogP contribution in [0.1, 0.15) is 17.5 Å². The number of amides is 1. The molecule has 0 atom stereocenters. The lowest BCUT2D eigenvalue weighted by molar-refractivity contribution is 0.0963. The highest BCUT2D eigenvalue weighted by Gasteiger charge is 2.07. The lowest BCUT2D eigenvalue weighted by Gasteiger charge is -2.02. The Balaban J connectivity index is 0.00000128. The van der Waals surface area contributed by atoms with Gasteiger partial charge in [0.15, 0.2) is 0 Å². The summed E-state index contributed by atoms with van der Waals surface area (Å²) >= 11 is 0. The zero-order chi connectivity index (χ0) is 11.0. The molecule has 3 nitrogen and oxygen atoms in total. The van der Waals surface area contributed by atoms with Gasteiger partial charge in [0.05, 0.1) is 0 Å². The minimum absolute atomic E-state index is 0. The molecular weight excluding hydrogens is 188 g/mol. The highest BCUT2D eigenvalue weighted by molar-refractivity contribution is 5.98. The molecule has 0 aliphatic rings. The maximum absolute atomic E-state index is 11.5. The fourth-order valence-corrected chi connectivity index (χ4v) is 1.75. The van der Waals surface area contributed by atoms with Crippen molar-refractivity contribution in [2.75, 3.05) is 7.05 Å². The van der Waals surface area contributed by atoms with Crippen LogP contribution in [0.3, 0.4) is 0 Å². The van der Waals surface area contributed by atoms with Crippen molar-refractivity contribution in [3.8, 4) is 0 Å². The van der Waals surface area contributed by atoms with Gasteiger partial charge in [0.1, 0.15) is 0 Å². The number of fused-ring (bicyclic) bond motifs is 1. The summed E-state index contributed by atoms with van der Waals surface area (Å²) in [6, 6.07) is 7.86. The number of rotatable bonds is 1. The molecule has 2 rings (SSSR count). The summed E-state index contributed by atoms with van der Waals surface area (Å²) in [5.41, 5.74) is 2.99. The van der Waals surface area contributed by atoms with Crippen molar-refractivity contribution in [2.45, 2.75) is 6.92 Å². The Morgan fingerprint density at radius 1 is 1.40 bits per heavy atom. The molecule has 1 aromatic carbocycles. The van der Waals surface area contributed by atoms with E-state index in [1.807, 2.05) is 25.2 Å². The second-order valence-corrected chi connectivity index (χ2v) is 3.70. The minimum Gasteiger partial charge on any atom is -0.355 e. The molecule has 2 aromatic rings. The van der Waals surface area contributed by atoms with Crippen LogP contribution in [-0.2, 0) is 7.05 Å². The van der Waals surface area contributed by atoms with Crippen LogP contribution in [0.5, 0.6) is 0 Å². The number of aryl methyl sites for hydroxylation is 2. The summed E-state index contributed by atoms with van der Waals surface area (Å²) < 4.78 is 2.09. The van der Waals surface area contributed by atoms with E-state index in [0.717, 1.165) is 5.52 Å². The molecule has 0 spiro atoms. The lowest BCUT2D eigenvalue weighted by atomic mass is 10.1. The first-order chi connectivity index (χ1) is 7.13. The molecule has 0 bridgehead atoms. The SMILES string of the molecule is CNC(=O)c1ccc2cc(C)n(C)c2c1.[HH]. The van der Waals surface area contributed by atoms with Gasteiger partial charge in [-0.15, -0.1) is 0 Å². The van der Waals surface area contributed by atoms with Gasteiger partial charge in [-0.25, -0.2) is 0 Å². The van der Waals surface area contributed by atoms with E-state index in [4.69, 9.17) is 0 Å². The van der Waals surface area contributed by atoms with Crippen LogP contribution >= 0.6 is 0 Å². The molecule has 1 heterocycles. The Kier molecular flexibility index (Phi) is 2.23. The van der Waals surface area contributed by atoms with Crippen LogP contribution in [0.4, 0.5) is 0 Å². The van der Waals surface area contributed by atoms with E-state index in [9.17, 15) is 4.79 Å². The number of nitrogens with one attached hydrogen (secondary N) is 1. The van der Waals surface area contributed by atoms with Crippen LogP contribution in [0.25, 0.3) is 10.9 Å². The number of aromatic nitrogens is 1. The monoisotopic (exact) mass is 204 g/mol. The second kappa shape index (κ2) is 3.42. The summed E-state index contributed by atoms with van der Waals surface area (Å²) in [5, 5.41) is 3.79.